The minimum Gasteiger partial charge on any atom is -0.379 e. The smallest absolute Gasteiger partial charge is 0.248 e. The zero-order chi connectivity index (χ0) is 22.4. The van der Waals surface area contributed by atoms with Gasteiger partial charge in [0.05, 0.1) is 29.1 Å². The Morgan fingerprint density at radius 1 is 1.16 bits per heavy atom. The Bertz CT molecular complexity index is 1040. The van der Waals surface area contributed by atoms with Crippen LogP contribution in [-0.2, 0) is 26.7 Å². The minimum absolute atomic E-state index is 0.0723. The van der Waals surface area contributed by atoms with Gasteiger partial charge in [0.15, 0.2) is 0 Å². The van der Waals surface area contributed by atoms with Gasteiger partial charge in [-0.3, -0.25) is 0 Å². The standard InChI is InChI=1S/C22H31F2N3O3S/c1-21(2,3)20-25-18-14-17(31(28,29)26-10-12-30-13-11-26)4-5-19(18)27(20)15-16-6-8-22(23,24)9-7-16/h4-5,14,16H,6-13,15H2,1-3H3. The summed E-state index contributed by atoms with van der Waals surface area (Å²) >= 11 is 0. The Hall–Kier alpha value is -1.58. The molecule has 0 N–H and O–H groups in total. The highest BCUT2D eigenvalue weighted by Crippen LogP contribution is 2.38. The number of aromatic nitrogens is 2. The van der Waals surface area contributed by atoms with Gasteiger partial charge in [0.25, 0.3) is 0 Å². The SMILES string of the molecule is CC(C)(C)c1nc2cc(S(=O)(=O)N3CCOCC3)ccc2n1CC1CCC(F)(F)CC1. The number of morpholine rings is 1. The van der Waals surface area contributed by atoms with Gasteiger partial charge < -0.3 is 9.30 Å². The van der Waals surface area contributed by atoms with Crippen molar-refractivity contribution in [2.45, 2.75) is 69.2 Å². The van der Waals surface area contributed by atoms with Crippen molar-refractivity contribution in [3.8, 4) is 0 Å². The van der Waals surface area contributed by atoms with Crippen LogP contribution in [0.5, 0.6) is 0 Å². The number of fused-ring (bicyclic) bond motifs is 1. The summed E-state index contributed by atoms with van der Waals surface area (Å²) in [5, 5.41) is 0. The third-order valence-corrected chi connectivity index (χ3v) is 8.17. The van der Waals surface area contributed by atoms with E-state index >= 15 is 0 Å². The Balaban J connectivity index is 1.69. The summed E-state index contributed by atoms with van der Waals surface area (Å²) in [5.74, 6) is -1.54. The molecule has 2 aromatic rings. The van der Waals surface area contributed by atoms with Crippen LogP contribution in [0.2, 0.25) is 0 Å². The molecule has 0 unspecified atom stereocenters. The maximum absolute atomic E-state index is 13.6. The lowest BCUT2D eigenvalue weighted by molar-refractivity contribution is -0.0473. The van der Waals surface area contributed by atoms with Gasteiger partial charge in [-0.2, -0.15) is 4.31 Å². The van der Waals surface area contributed by atoms with Crippen LogP contribution in [0.4, 0.5) is 8.78 Å². The second-order valence-electron chi connectivity index (χ2n) is 9.76. The fourth-order valence-corrected chi connectivity index (χ4v) is 5.93. The zero-order valence-electron chi connectivity index (χ0n) is 18.4. The largest absolute Gasteiger partial charge is 0.379 e. The fourth-order valence-electron chi connectivity index (χ4n) is 4.50. The molecule has 2 heterocycles. The van der Waals surface area contributed by atoms with E-state index in [1.54, 1.807) is 12.1 Å². The highest BCUT2D eigenvalue weighted by Gasteiger charge is 2.36. The number of rotatable bonds is 4. The molecule has 2 aliphatic rings. The van der Waals surface area contributed by atoms with Gasteiger partial charge in [0.1, 0.15) is 5.82 Å². The van der Waals surface area contributed by atoms with Crippen molar-refractivity contribution in [1.29, 1.82) is 0 Å². The third-order valence-electron chi connectivity index (χ3n) is 6.28. The molecule has 172 valence electrons. The average Bonchev–Trinajstić information content (AvgIpc) is 3.08. The van der Waals surface area contributed by atoms with Crippen LogP contribution in [0.15, 0.2) is 23.1 Å². The van der Waals surface area contributed by atoms with E-state index in [4.69, 9.17) is 9.72 Å². The van der Waals surface area contributed by atoms with E-state index in [9.17, 15) is 17.2 Å². The molecule has 0 atom stereocenters. The molecule has 1 saturated heterocycles. The summed E-state index contributed by atoms with van der Waals surface area (Å²) in [6.45, 7) is 8.27. The first-order valence-electron chi connectivity index (χ1n) is 10.9. The second kappa shape index (κ2) is 8.08. The molecule has 9 heteroatoms. The minimum atomic E-state index is -3.61. The highest BCUT2D eigenvalue weighted by atomic mass is 32.2. The number of hydrogen-bond acceptors (Lipinski definition) is 4. The molecule has 0 spiro atoms. The van der Waals surface area contributed by atoms with Crippen LogP contribution < -0.4 is 0 Å². The van der Waals surface area contributed by atoms with E-state index in [0.717, 1.165) is 11.3 Å². The van der Waals surface area contributed by atoms with Crippen molar-refractivity contribution in [2.24, 2.45) is 5.92 Å². The normalized spacial score (nSPS) is 21.6. The number of halogens is 2. The number of nitrogens with zero attached hydrogens (tertiary/aromatic N) is 3. The molecule has 1 aliphatic carbocycles. The van der Waals surface area contributed by atoms with Crippen molar-refractivity contribution in [3.63, 3.8) is 0 Å². The first-order chi connectivity index (χ1) is 14.5. The summed E-state index contributed by atoms with van der Waals surface area (Å²) in [7, 11) is -3.61. The molecule has 0 amide bonds. The van der Waals surface area contributed by atoms with E-state index in [0.29, 0.717) is 51.2 Å². The van der Waals surface area contributed by atoms with Crippen LogP contribution in [0.3, 0.4) is 0 Å². The summed E-state index contributed by atoms with van der Waals surface area (Å²) < 4.78 is 62.1. The Kier molecular flexibility index (Phi) is 5.89. The lowest BCUT2D eigenvalue weighted by atomic mass is 9.86. The Morgan fingerprint density at radius 3 is 2.42 bits per heavy atom. The number of alkyl halides is 2. The molecule has 1 aromatic carbocycles. The summed E-state index contributed by atoms with van der Waals surface area (Å²) in [4.78, 5) is 5.03. The van der Waals surface area contributed by atoms with Gasteiger partial charge in [0, 0.05) is 37.9 Å². The molecule has 0 bridgehead atoms. The van der Waals surface area contributed by atoms with Gasteiger partial charge in [-0.15, -0.1) is 0 Å². The molecule has 6 nitrogen and oxygen atoms in total. The molecule has 0 radical (unpaired) electrons. The van der Waals surface area contributed by atoms with Crippen molar-refractivity contribution in [1.82, 2.24) is 13.9 Å². The summed E-state index contributed by atoms with van der Waals surface area (Å²) in [6.07, 6.45) is 0.827. The van der Waals surface area contributed by atoms with Gasteiger partial charge >= 0.3 is 0 Å². The highest BCUT2D eigenvalue weighted by molar-refractivity contribution is 7.89. The van der Waals surface area contributed by atoms with Crippen molar-refractivity contribution < 1.29 is 21.9 Å². The Morgan fingerprint density at radius 2 is 1.81 bits per heavy atom. The van der Waals surface area contributed by atoms with Crippen molar-refractivity contribution >= 4 is 21.1 Å². The van der Waals surface area contributed by atoms with E-state index in [1.165, 1.54) is 4.31 Å². The zero-order valence-corrected chi connectivity index (χ0v) is 19.2. The van der Waals surface area contributed by atoms with Gasteiger partial charge in [-0.1, -0.05) is 20.8 Å². The molecule has 1 aromatic heterocycles. The predicted molar refractivity (Wildman–Crippen MR) is 115 cm³/mol. The number of benzene rings is 1. The first-order valence-corrected chi connectivity index (χ1v) is 12.4. The first kappa shape index (κ1) is 22.6. The molecule has 2 fully saturated rings. The maximum atomic E-state index is 13.6. The van der Waals surface area contributed by atoms with Crippen LogP contribution in [0.1, 0.15) is 52.3 Å². The summed E-state index contributed by atoms with van der Waals surface area (Å²) in [5.41, 5.74) is 1.21. The number of imidazole rings is 1. The van der Waals surface area contributed by atoms with Crippen LogP contribution in [-0.4, -0.2) is 54.5 Å². The number of ether oxygens (including phenoxy) is 1. The molecule has 1 aliphatic heterocycles. The fraction of sp³-hybridized carbons (Fsp3) is 0.682. The number of hydrogen-bond donors (Lipinski definition) is 0. The average molecular weight is 456 g/mol. The molecular formula is C22H31F2N3O3S. The molecule has 1 saturated carbocycles. The van der Waals surface area contributed by atoms with Crippen molar-refractivity contribution in [3.05, 3.63) is 24.0 Å². The van der Waals surface area contributed by atoms with Crippen LogP contribution in [0, 0.1) is 5.92 Å². The monoisotopic (exact) mass is 455 g/mol. The third kappa shape index (κ3) is 4.64. The predicted octanol–water partition coefficient (Wildman–Crippen LogP) is 4.18. The van der Waals surface area contributed by atoms with Crippen LogP contribution >= 0.6 is 0 Å². The lowest BCUT2D eigenvalue weighted by Crippen LogP contribution is -2.40. The van der Waals surface area contributed by atoms with Gasteiger partial charge in [-0.05, 0) is 37.0 Å². The quantitative estimate of drug-likeness (QED) is 0.694. The van der Waals surface area contributed by atoms with E-state index in [2.05, 4.69) is 25.3 Å². The topological polar surface area (TPSA) is 64.4 Å². The number of sulfonamides is 1. The van der Waals surface area contributed by atoms with Crippen LogP contribution in [0.25, 0.3) is 11.0 Å². The van der Waals surface area contributed by atoms with Gasteiger partial charge in [-0.25, -0.2) is 22.2 Å². The summed E-state index contributed by atoms with van der Waals surface area (Å²) in [6, 6.07) is 5.08. The lowest BCUT2D eigenvalue weighted by Gasteiger charge is -2.30. The second-order valence-corrected chi connectivity index (χ2v) is 11.7. The van der Waals surface area contributed by atoms with E-state index < -0.39 is 15.9 Å². The molecule has 31 heavy (non-hydrogen) atoms. The molecule has 4 rings (SSSR count). The van der Waals surface area contributed by atoms with E-state index in [-0.39, 0.29) is 29.1 Å². The molecular weight excluding hydrogens is 424 g/mol. The van der Waals surface area contributed by atoms with Gasteiger partial charge in [0.2, 0.25) is 15.9 Å². The maximum Gasteiger partial charge on any atom is 0.248 e. The van der Waals surface area contributed by atoms with E-state index in [1.807, 2.05) is 6.07 Å². The Labute approximate surface area is 182 Å². The van der Waals surface area contributed by atoms with Crippen molar-refractivity contribution in [2.75, 3.05) is 26.3 Å².